The van der Waals surface area contributed by atoms with Crippen molar-refractivity contribution in [2.24, 2.45) is 4.99 Å². The Kier molecular flexibility index (Phi) is 6.20. The normalized spacial score (nSPS) is 12.6. The van der Waals surface area contributed by atoms with Gasteiger partial charge in [0.25, 0.3) is 0 Å². The van der Waals surface area contributed by atoms with Crippen LogP contribution in [-0.2, 0) is 6.54 Å². The Hall–Kier alpha value is -3.15. The molecule has 0 aliphatic carbocycles. The summed E-state index contributed by atoms with van der Waals surface area (Å²) in [5, 5.41) is 6.76. The third kappa shape index (κ3) is 5.17. The minimum absolute atomic E-state index is 0.401. The van der Waals surface area contributed by atoms with Crippen LogP contribution in [0.5, 0.6) is 0 Å². The molecule has 1 aromatic carbocycles. The molecule has 2 N–H and O–H groups in total. The fourth-order valence-electron chi connectivity index (χ4n) is 2.78. The number of nitrogens with zero attached hydrogens (tertiary/aromatic N) is 4. The molecule has 27 heavy (non-hydrogen) atoms. The van der Waals surface area contributed by atoms with Crippen LogP contribution >= 0.6 is 0 Å². The first-order valence-electron chi connectivity index (χ1n) is 9.10. The number of rotatable bonds is 6. The lowest BCUT2D eigenvalue weighted by molar-refractivity contribution is 0.698. The van der Waals surface area contributed by atoms with E-state index >= 15 is 0 Å². The SMILES string of the molecule is CN=C(NCc1ccnc(-n2ccnc2)c1)NCC(C)c1ccc(C)cc1. The summed E-state index contributed by atoms with van der Waals surface area (Å²) in [4.78, 5) is 12.8. The van der Waals surface area contributed by atoms with E-state index in [1.165, 1.54) is 11.1 Å². The van der Waals surface area contributed by atoms with Gasteiger partial charge in [0.1, 0.15) is 12.1 Å². The lowest BCUT2D eigenvalue weighted by Crippen LogP contribution is -2.38. The van der Waals surface area contributed by atoms with E-state index in [0.717, 1.165) is 23.9 Å². The molecule has 140 valence electrons. The first kappa shape index (κ1) is 18.6. The monoisotopic (exact) mass is 362 g/mol. The smallest absolute Gasteiger partial charge is 0.191 e. The molecule has 2 aromatic heterocycles. The quantitative estimate of drug-likeness (QED) is 0.522. The Morgan fingerprint density at radius 1 is 1.15 bits per heavy atom. The average molecular weight is 362 g/mol. The molecule has 0 amide bonds. The summed E-state index contributed by atoms with van der Waals surface area (Å²) >= 11 is 0. The molecule has 0 bridgehead atoms. The van der Waals surface area contributed by atoms with Crippen LogP contribution in [-0.4, -0.2) is 34.1 Å². The number of benzene rings is 1. The summed E-state index contributed by atoms with van der Waals surface area (Å²) in [6.45, 7) is 5.81. The van der Waals surface area contributed by atoms with Gasteiger partial charge in [-0.2, -0.15) is 0 Å². The highest BCUT2D eigenvalue weighted by molar-refractivity contribution is 5.79. The maximum atomic E-state index is 4.38. The second-order valence-electron chi connectivity index (χ2n) is 6.61. The fraction of sp³-hybridized carbons (Fsp3) is 0.286. The van der Waals surface area contributed by atoms with Crippen LogP contribution in [0.4, 0.5) is 0 Å². The van der Waals surface area contributed by atoms with Crippen molar-refractivity contribution >= 4 is 5.96 Å². The number of imidazole rings is 1. The van der Waals surface area contributed by atoms with Gasteiger partial charge in [0.15, 0.2) is 5.96 Å². The van der Waals surface area contributed by atoms with E-state index in [1.54, 1.807) is 19.6 Å². The summed E-state index contributed by atoms with van der Waals surface area (Å²) in [6.07, 6.45) is 7.18. The molecule has 3 rings (SSSR count). The van der Waals surface area contributed by atoms with E-state index in [4.69, 9.17) is 0 Å². The Morgan fingerprint density at radius 2 is 1.96 bits per heavy atom. The molecule has 0 aliphatic heterocycles. The highest BCUT2D eigenvalue weighted by atomic mass is 15.2. The van der Waals surface area contributed by atoms with Gasteiger partial charge in [0.05, 0.1) is 0 Å². The van der Waals surface area contributed by atoms with Crippen molar-refractivity contribution in [1.29, 1.82) is 0 Å². The Labute approximate surface area is 160 Å². The second kappa shape index (κ2) is 8.98. The van der Waals surface area contributed by atoms with Crippen molar-refractivity contribution in [2.45, 2.75) is 26.3 Å². The molecule has 0 fully saturated rings. The minimum atomic E-state index is 0.401. The number of guanidine groups is 1. The molecule has 3 aromatic rings. The fourth-order valence-corrected chi connectivity index (χ4v) is 2.78. The van der Waals surface area contributed by atoms with Crippen LogP contribution in [0.1, 0.15) is 29.5 Å². The van der Waals surface area contributed by atoms with Crippen LogP contribution in [0, 0.1) is 6.92 Å². The number of aliphatic imine (C=N–C) groups is 1. The third-order valence-corrected chi connectivity index (χ3v) is 4.48. The standard InChI is InChI=1S/C21H26N6/c1-16-4-6-19(7-5-16)17(2)13-25-21(22-3)26-14-18-8-9-24-20(12-18)27-11-10-23-15-27/h4-12,15,17H,13-14H2,1-3H3,(H2,22,25,26). The molecule has 0 spiro atoms. The molecular formula is C21H26N6. The lowest BCUT2D eigenvalue weighted by atomic mass is 10.0. The number of aryl methyl sites for hydroxylation is 1. The maximum absolute atomic E-state index is 4.38. The first-order chi connectivity index (χ1) is 13.2. The minimum Gasteiger partial charge on any atom is -0.356 e. The highest BCUT2D eigenvalue weighted by Gasteiger charge is 2.07. The van der Waals surface area contributed by atoms with E-state index < -0.39 is 0 Å². The van der Waals surface area contributed by atoms with Gasteiger partial charge in [-0.3, -0.25) is 9.56 Å². The number of hydrogen-bond acceptors (Lipinski definition) is 3. The summed E-state index contributed by atoms with van der Waals surface area (Å²) in [6, 6.07) is 12.7. The number of hydrogen-bond donors (Lipinski definition) is 2. The van der Waals surface area contributed by atoms with Crippen molar-refractivity contribution in [3.8, 4) is 5.82 Å². The number of pyridine rings is 1. The first-order valence-corrected chi connectivity index (χ1v) is 9.10. The van der Waals surface area contributed by atoms with Crippen LogP contribution in [0.15, 0.2) is 66.3 Å². The van der Waals surface area contributed by atoms with Crippen LogP contribution in [0.3, 0.4) is 0 Å². The van der Waals surface area contributed by atoms with Crippen molar-refractivity contribution in [1.82, 2.24) is 25.2 Å². The van der Waals surface area contributed by atoms with Gasteiger partial charge in [0, 0.05) is 38.7 Å². The zero-order valence-corrected chi connectivity index (χ0v) is 16.1. The number of aromatic nitrogens is 3. The summed E-state index contributed by atoms with van der Waals surface area (Å²) in [7, 11) is 1.79. The molecule has 1 atom stereocenters. The highest BCUT2D eigenvalue weighted by Crippen LogP contribution is 2.14. The Bertz CT molecular complexity index is 868. The van der Waals surface area contributed by atoms with Gasteiger partial charge in [-0.05, 0) is 36.1 Å². The predicted octanol–water partition coefficient (Wildman–Crippen LogP) is 3.04. The molecule has 0 saturated heterocycles. The van der Waals surface area contributed by atoms with Gasteiger partial charge in [-0.1, -0.05) is 36.8 Å². The van der Waals surface area contributed by atoms with Gasteiger partial charge < -0.3 is 10.6 Å². The molecule has 1 unspecified atom stereocenters. The topological polar surface area (TPSA) is 67.1 Å². The molecule has 0 radical (unpaired) electrons. The van der Waals surface area contributed by atoms with E-state index in [0.29, 0.717) is 12.5 Å². The second-order valence-corrected chi connectivity index (χ2v) is 6.61. The van der Waals surface area contributed by atoms with Crippen LogP contribution < -0.4 is 10.6 Å². The van der Waals surface area contributed by atoms with E-state index in [-0.39, 0.29) is 0 Å². The molecule has 0 aliphatic rings. The maximum Gasteiger partial charge on any atom is 0.191 e. The van der Waals surface area contributed by atoms with Crippen molar-refractivity contribution in [3.63, 3.8) is 0 Å². The molecule has 6 nitrogen and oxygen atoms in total. The van der Waals surface area contributed by atoms with Gasteiger partial charge in [-0.25, -0.2) is 9.97 Å². The zero-order chi connectivity index (χ0) is 19.1. The van der Waals surface area contributed by atoms with E-state index in [9.17, 15) is 0 Å². The summed E-state index contributed by atoms with van der Waals surface area (Å²) in [5.41, 5.74) is 3.73. The van der Waals surface area contributed by atoms with Gasteiger partial charge in [-0.15, -0.1) is 0 Å². The third-order valence-electron chi connectivity index (χ3n) is 4.48. The van der Waals surface area contributed by atoms with E-state index in [2.05, 4.69) is 63.7 Å². The average Bonchev–Trinajstić information content (AvgIpc) is 3.23. The molecule has 2 heterocycles. The van der Waals surface area contributed by atoms with Crippen molar-refractivity contribution < 1.29 is 0 Å². The predicted molar refractivity (Wildman–Crippen MR) is 109 cm³/mol. The summed E-state index contributed by atoms with van der Waals surface area (Å²) < 4.78 is 1.89. The van der Waals surface area contributed by atoms with E-state index in [1.807, 2.05) is 29.1 Å². The lowest BCUT2D eigenvalue weighted by Gasteiger charge is -2.17. The van der Waals surface area contributed by atoms with Gasteiger partial charge >= 0.3 is 0 Å². The van der Waals surface area contributed by atoms with Crippen LogP contribution in [0.25, 0.3) is 5.82 Å². The Balaban J connectivity index is 1.53. The van der Waals surface area contributed by atoms with Crippen molar-refractivity contribution in [2.75, 3.05) is 13.6 Å². The molecule has 0 saturated carbocycles. The largest absolute Gasteiger partial charge is 0.356 e. The molecular weight excluding hydrogens is 336 g/mol. The number of nitrogens with one attached hydrogen (secondary N) is 2. The van der Waals surface area contributed by atoms with Crippen molar-refractivity contribution in [3.05, 3.63) is 78.0 Å². The zero-order valence-electron chi connectivity index (χ0n) is 16.1. The Morgan fingerprint density at radius 3 is 2.67 bits per heavy atom. The molecule has 6 heteroatoms. The van der Waals surface area contributed by atoms with Crippen LogP contribution in [0.2, 0.25) is 0 Å². The summed E-state index contributed by atoms with van der Waals surface area (Å²) in [5.74, 6) is 2.04. The van der Waals surface area contributed by atoms with Gasteiger partial charge in [0.2, 0.25) is 0 Å².